The molecule has 1 fully saturated rings. The van der Waals surface area contributed by atoms with Gasteiger partial charge in [-0.25, -0.2) is 18.4 Å². The maximum absolute atomic E-state index is 12.5. The number of H-pyrrole nitrogens is 1. The molecular weight excluding hydrogens is 318 g/mol. The summed E-state index contributed by atoms with van der Waals surface area (Å²) >= 11 is 0. The summed E-state index contributed by atoms with van der Waals surface area (Å²) in [5, 5.41) is 6.25. The van der Waals surface area contributed by atoms with Crippen LogP contribution in [0, 0.1) is 6.92 Å². The second-order valence-corrected chi connectivity index (χ2v) is 7.42. The third-order valence-electron chi connectivity index (χ3n) is 3.80. The van der Waals surface area contributed by atoms with E-state index in [1.54, 1.807) is 6.33 Å². The highest BCUT2D eigenvalue weighted by Gasteiger charge is 2.31. The van der Waals surface area contributed by atoms with Crippen LogP contribution in [0.1, 0.15) is 17.8 Å². The van der Waals surface area contributed by atoms with Gasteiger partial charge in [0.25, 0.3) is 0 Å². The first-order valence-electron chi connectivity index (χ1n) is 7.44. The molecule has 0 amide bonds. The van der Waals surface area contributed by atoms with Crippen molar-refractivity contribution in [2.24, 2.45) is 0 Å². The topological polar surface area (TPSA) is 101 Å². The average molecular weight is 337 g/mol. The SMILES string of the molecule is Cc1cc(CC[C@@H]2CN(S(=O)(=O)c3cn[nH]c3)CCO2)ncn1. The van der Waals surface area contributed by atoms with Gasteiger partial charge in [0.05, 0.1) is 18.9 Å². The largest absolute Gasteiger partial charge is 0.375 e. The van der Waals surface area contributed by atoms with Crippen molar-refractivity contribution in [1.29, 1.82) is 0 Å². The Morgan fingerprint density at radius 2 is 2.30 bits per heavy atom. The van der Waals surface area contributed by atoms with Crippen LogP contribution in [-0.2, 0) is 21.2 Å². The number of aromatic amines is 1. The molecule has 23 heavy (non-hydrogen) atoms. The Morgan fingerprint density at radius 3 is 3.04 bits per heavy atom. The fourth-order valence-corrected chi connectivity index (χ4v) is 3.93. The van der Waals surface area contributed by atoms with E-state index >= 15 is 0 Å². The molecule has 1 saturated heterocycles. The van der Waals surface area contributed by atoms with Crippen LogP contribution in [0.5, 0.6) is 0 Å². The van der Waals surface area contributed by atoms with Crippen LogP contribution in [0.3, 0.4) is 0 Å². The van der Waals surface area contributed by atoms with Crippen molar-refractivity contribution in [3.8, 4) is 0 Å². The molecule has 0 bridgehead atoms. The van der Waals surface area contributed by atoms with Crippen LogP contribution < -0.4 is 0 Å². The van der Waals surface area contributed by atoms with Crippen molar-refractivity contribution in [2.75, 3.05) is 19.7 Å². The summed E-state index contributed by atoms with van der Waals surface area (Å²) < 4.78 is 32.2. The molecule has 8 nitrogen and oxygen atoms in total. The van der Waals surface area contributed by atoms with Crippen LogP contribution in [0.4, 0.5) is 0 Å². The Morgan fingerprint density at radius 1 is 1.43 bits per heavy atom. The van der Waals surface area contributed by atoms with Crippen LogP contribution in [0.25, 0.3) is 0 Å². The van der Waals surface area contributed by atoms with Gasteiger partial charge in [0.1, 0.15) is 11.2 Å². The molecule has 124 valence electrons. The molecule has 0 spiro atoms. The molecule has 2 aromatic heterocycles. The van der Waals surface area contributed by atoms with E-state index in [-0.39, 0.29) is 11.0 Å². The fraction of sp³-hybridized carbons (Fsp3) is 0.500. The van der Waals surface area contributed by atoms with Crippen molar-refractivity contribution in [3.63, 3.8) is 0 Å². The van der Waals surface area contributed by atoms with Gasteiger partial charge in [-0.05, 0) is 25.8 Å². The molecule has 0 aromatic carbocycles. The van der Waals surface area contributed by atoms with E-state index < -0.39 is 10.0 Å². The summed E-state index contributed by atoms with van der Waals surface area (Å²) in [4.78, 5) is 8.47. The van der Waals surface area contributed by atoms with Gasteiger partial charge in [0, 0.05) is 30.7 Å². The van der Waals surface area contributed by atoms with Gasteiger partial charge in [-0.2, -0.15) is 9.40 Å². The Balaban J connectivity index is 1.62. The monoisotopic (exact) mass is 337 g/mol. The van der Waals surface area contributed by atoms with Crippen molar-refractivity contribution in [1.82, 2.24) is 24.5 Å². The number of aryl methyl sites for hydroxylation is 2. The lowest BCUT2D eigenvalue weighted by Gasteiger charge is -2.31. The second kappa shape index (κ2) is 6.73. The van der Waals surface area contributed by atoms with Crippen molar-refractivity contribution >= 4 is 10.0 Å². The molecule has 3 heterocycles. The minimum absolute atomic E-state index is 0.138. The number of hydrogen-bond donors (Lipinski definition) is 1. The minimum Gasteiger partial charge on any atom is -0.375 e. The number of aromatic nitrogens is 4. The van der Waals surface area contributed by atoms with E-state index in [2.05, 4.69) is 20.2 Å². The summed E-state index contributed by atoms with van der Waals surface area (Å²) in [6.45, 7) is 3.01. The van der Waals surface area contributed by atoms with Crippen molar-refractivity contribution < 1.29 is 13.2 Å². The first-order valence-corrected chi connectivity index (χ1v) is 8.88. The average Bonchev–Trinajstić information content (AvgIpc) is 3.09. The number of nitrogens with zero attached hydrogens (tertiary/aromatic N) is 4. The maximum atomic E-state index is 12.5. The van der Waals surface area contributed by atoms with Crippen LogP contribution >= 0.6 is 0 Å². The summed E-state index contributed by atoms with van der Waals surface area (Å²) in [5.41, 5.74) is 1.86. The van der Waals surface area contributed by atoms with E-state index in [1.807, 2.05) is 13.0 Å². The molecule has 3 rings (SSSR count). The van der Waals surface area contributed by atoms with Crippen molar-refractivity contribution in [2.45, 2.75) is 30.8 Å². The van der Waals surface area contributed by atoms with Gasteiger partial charge >= 0.3 is 0 Å². The molecule has 1 aliphatic heterocycles. The number of morpholine rings is 1. The lowest BCUT2D eigenvalue weighted by Crippen LogP contribution is -2.45. The molecule has 1 aliphatic rings. The van der Waals surface area contributed by atoms with E-state index in [0.717, 1.165) is 17.8 Å². The van der Waals surface area contributed by atoms with Gasteiger partial charge in [-0.1, -0.05) is 0 Å². The fourth-order valence-electron chi connectivity index (χ4n) is 2.57. The standard InChI is InChI=1S/C14H19N5O3S/c1-11-6-12(16-10-15-11)2-3-13-9-19(4-5-22-13)23(20,21)14-7-17-18-8-14/h6-8,10,13H,2-5,9H2,1H3,(H,17,18)/t13-/m1/s1. The van der Waals surface area contributed by atoms with E-state index in [4.69, 9.17) is 4.74 Å². The highest BCUT2D eigenvalue weighted by Crippen LogP contribution is 2.19. The van der Waals surface area contributed by atoms with E-state index in [1.165, 1.54) is 16.7 Å². The Labute approximate surface area is 135 Å². The quantitative estimate of drug-likeness (QED) is 0.854. The van der Waals surface area contributed by atoms with Gasteiger partial charge in [-0.15, -0.1) is 0 Å². The smallest absolute Gasteiger partial charge is 0.246 e. The van der Waals surface area contributed by atoms with Crippen LogP contribution in [0.15, 0.2) is 29.7 Å². The van der Waals surface area contributed by atoms with Gasteiger partial charge in [0.2, 0.25) is 10.0 Å². The highest BCUT2D eigenvalue weighted by molar-refractivity contribution is 7.89. The maximum Gasteiger partial charge on any atom is 0.246 e. The third-order valence-corrected chi connectivity index (χ3v) is 5.63. The van der Waals surface area contributed by atoms with Crippen molar-refractivity contribution in [3.05, 3.63) is 36.2 Å². The molecule has 0 unspecified atom stereocenters. The lowest BCUT2D eigenvalue weighted by molar-refractivity contribution is -0.00538. The lowest BCUT2D eigenvalue weighted by atomic mass is 10.1. The third kappa shape index (κ3) is 3.74. The second-order valence-electron chi connectivity index (χ2n) is 5.48. The molecule has 1 N–H and O–H groups in total. The number of ether oxygens (including phenoxy) is 1. The zero-order valence-electron chi connectivity index (χ0n) is 12.8. The zero-order chi connectivity index (χ0) is 16.3. The van der Waals surface area contributed by atoms with Gasteiger partial charge in [0.15, 0.2) is 0 Å². The Bertz CT molecular complexity index is 748. The summed E-state index contributed by atoms with van der Waals surface area (Å²) in [6, 6.07) is 1.93. The molecule has 0 saturated carbocycles. The van der Waals surface area contributed by atoms with E-state index in [0.29, 0.717) is 26.1 Å². The Kier molecular flexibility index (Phi) is 4.69. The summed E-state index contributed by atoms with van der Waals surface area (Å²) in [5.74, 6) is 0. The van der Waals surface area contributed by atoms with Crippen LogP contribution in [-0.4, -0.2) is 58.7 Å². The zero-order valence-corrected chi connectivity index (χ0v) is 13.7. The Hall–Kier alpha value is -1.84. The van der Waals surface area contributed by atoms with E-state index in [9.17, 15) is 8.42 Å². The molecule has 9 heteroatoms. The predicted molar refractivity (Wildman–Crippen MR) is 82.2 cm³/mol. The first kappa shape index (κ1) is 16.0. The van der Waals surface area contributed by atoms with Gasteiger partial charge in [-0.3, -0.25) is 5.10 Å². The molecule has 1 atom stereocenters. The number of sulfonamides is 1. The highest BCUT2D eigenvalue weighted by atomic mass is 32.2. The minimum atomic E-state index is -3.51. The summed E-state index contributed by atoms with van der Waals surface area (Å²) in [6.07, 6.45) is 5.57. The molecular formula is C14H19N5O3S. The number of hydrogen-bond acceptors (Lipinski definition) is 6. The first-order chi connectivity index (χ1) is 11.1. The number of rotatable bonds is 5. The molecule has 2 aromatic rings. The number of nitrogens with one attached hydrogen (secondary N) is 1. The predicted octanol–water partition coefficient (Wildman–Crippen LogP) is 0.530. The van der Waals surface area contributed by atoms with Gasteiger partial charge < -0.3 is 4.74 Å². The molecule has 0 radical (unpaired) electrons. The summed E-state index contributed by atoms with van der Waals surface area (Å²) in [7, 11) is -3.51. The normalized spacial score (nSPS) is 19.8. The van der Waals surface area contributed by atoms with Crippen LogP contribution in [0.2, 0.25) is 0 Å². The molecule has 0 aliphatic carbocycles.